The first kappa shape index (κ1) is 19.9. The summed E-state index contributed by atoms with van der Waals surface area (Å²) in [6.45, 7) is 4.67. The van der Waals surface area contributed by atoms with E-state index in [4.69, 9.17) is 4.98 Å². The molecule has 0 radical (unpaired) electrons. The summed E-state index contributed by atoms with van der Waals surface area (Å²) in [6.07, 6.45) is 3.85. The molecule has 1 atom stereocenters. The molecule has 2 aromatic carbocycles. The predicted molar refractivity (Wildman–Crippen MR) is 122 cm³/mol. The number of piperidine rings is 1. The van der Waals surface area contributed by atoms with Crippen LogP contribution < -0.4 is 10.2 Å². The SMILES string of the molecule is C[C@@H](c1nc2ccccc2s1)N(C)CC(=O)Nc1ccc(N2CCCCC2)cc1. The summed E-state index contributed by atoms with van der Waals surface area (Å²) in [4.78, 5) is 21.7. The summed E-state index contributed by atoms with van der Waals surface area (Å²) in [7, 11) is 1.97. The molecule has 0 aliphatic carbocycles. The third-order valence-electron chi connectivity index (χ3n) is 5.59. The first-order valence-corrected chi connectivity index (χ1v) is 11.1. The Balaban J connectivity index is 1.33. The molecule has 1 fully saturated rings. The van der Waals surface area contributed by atoms with Crippen LogP contribution in [0.25, 0.3) is 10.2 Å². The number of rotatable bonds is 6. The van der Waals surface area contributed by atoms with E-state index >= 15 is 0 Å². The summed E-state index contributed by atoms with van der Waals surface area (Å²) < 4.78 is 1.18. The molecule has 0 unspecified atom stereocenters. The number of carbonyl (C=O) groups is 1. The van der Waals surface area contributed by atoms with Crippen molar-refractivity contribution in [3.63, 3.8) is 0 Å². The third kappa shape index (κ3) is 4.77. The molecule has 152 valence electrons. The molecule has 1 aromatic heterocycles. The molecule has 1 saturated heterocycles. The summed E-state index contributed by atoms with van der Waals surface area (Å²) in [6, 6.07) is 16.4. The molecule has 4 rings (SSSR count). The largest absolute Gasteiger partial charge is 0.372 e. The molecular formula is C23H28N4OS. The second-order valence-electron chi connectivity index (χ2n) is 7.75. The number of nitrogens with one attached hydrogen (secondary N) is 1. The predicted octanol–water partition coefficient (Wildman–Crippen LogP) is 4.92. The Hall–Kier alpha value is -2.44. The Morgan fingerprint density at radius 2 is 1.86 bits per heavy atom. The molecule has 0 bridgehead atoms. The van der Waals surface area contributed by atoms with E-state index in [1.807, 2.05) is 42.3 Å². The lowest BCUT2D eigenvalue weighted by atomic mass is 10.1. The van der Waals surface area contributed by atoms with Crippen molar-refractivity contribution in [3.8, 4) is 0 Å². The van der Waals surface area contributed by atoms with Crippen LogP contribution in [0, 0.1) is 0 Å². The normalized spacial score (nSPS) is 15.6. The number of benzene rings is 2. The number of aromatic nitrogens is 1. The summed E-state index contributed by atoms with van der Waals surface area (Å²) in [5.74, 6) is -0.00816. The Morgan fingerprint density at radius 3 is 2.59 bits per heavy atom. The third-order valence-corrected chi connectivity index (χ3v) is 6.80. The van der Waals surface area contributed by atoms with Crippen LogP contribution >= 0.6 is 11.3 Å². The fourth-order valence-corrected chi connectivity index (χ4v) is 4.81. The maximum atomic E-state index is 12.5. The molecule has 6 heteroatoms. The van der Waals surface area contributed by atoms with Gasteiger partial charge in [-0.1, -0.05) is 12.1 Å². The van der Waals surface area contributed by atoms with Crippen LogP contribution in [0.3, 0.4) is 0 Å². The highest BCUT2D eigenvalue weighted by Crippen LogP contribution is 2.28. The van der Waals surface area contributed by atoms with E-state index in [0.29, 0.717) is 6.54 Å². The Kier molecular flexibility index (Phi) is 6.11. The van der Waals surface area contributed by atoms with Crippen molar-refractivity contribution < 1.29 is 4.79 Å². The zero-order valence-electron chi connectivity index (χ0n) is 17.1. The topological polar surface area (TPSA) is 48.5 Å². The molecule has 5 nitrogen and oxygen atoms in total. The van der Waals surface area contributed by atoms with Gasteiger partial charge < -0.3 is 10.2 Å². The number of carbonyl (C=O) groups excluding carboxylic acids is 1. The van der Waals surface area contributed by atoms with Gasteiger partial charge in [-0.05, 0) is 69.6 Å². The van der Waals surface area contributed by atoms with Crippen molar-refractivity contribution >= 4 is 38.8 Å². The fraction of sp³-hybridized carbons (Fsp3) is 0.391. The van der Waals surface area contributed by atoms with Crippen molar-refractivity contribution in [1.29, 1.82) is 0 Å². The fourth-order valence-electron chi connectivity index (χ4n) is 3.73. The van der Waals surface area contributed by atoms with E-state index < -0.39 is 0 Å². The highest BCUT2D eigenvalue weighted by molar-refractivity contribution is 7.18. The standard InChI is InChI=1S/C23H28N4OS/c1-17(23-25-20-8-4-5-9-21(20)29-23)26(2)16-22(28)24-18-10-12-19(13-11-18)27-14-6-3-7-15-27/h4-5,8-13,17H,3,6-7,14-16H2,1-2H3,(H,24,28)/t17-/m0/s1. The quantitative estimate of drug-likeness (QED) is 0.629. The second kappa shape index (κ2) is 8.93. The monoisotopic (exact) mass is 408 g/mol. The summed E-state index contributed by atoms with van der Waals surface area (Å²) in [5, 5.41) is 4.05. The maximum Gasteiger partial charge on any atom is 0.238 e. The van der Waals surface area contributed by atoms with E-state index in [-0.39, 0.29) is 11.9 Å². The number of thiazole rings is 1. The van der Waals surface area contributed by atoms with Crippen molar-refractivity contribution in [1.82, 2.24) is 9.88 Å². The van der Waals surface area contributed by atoms with Gasteiger partial charge in [-0.15, -0.1) is 11.3 Å². The van der Waals surface area contributed by atoms with E-state index in [1.54, 1.807) is 11.3 Å². The average molecular weight is 409 g/mol. The van der Waals surface area contributed by atoms with Crippen molar-refractivity contribution in [2.45, 2.75) is 32.2 Å². The summed E-state index contributed by atoms with van der Waals surface area (Å²) >= 11 is 1.69. The van der Waals surface area contributed by atoms with Crippen LogP contribution in [0.1, 0.15) is 37.2 Å². The van der Waals surface area contributed by atoms with E-state index in [0.717, 1.165) is 29.3 Å². The van der Waals surface area contributed by atoms with Crippen molar-refractivity contribution in [2.75, 3.05) is 36.9 Å². The van der Waals surface area contributed by atoms with E-state index in [9.17, 15) is 4.79 Å². The number of anilines is 2. The first-order chi connectivity index (χ1) is 14.1. The number of nitrogens with zero attached hydrogens (tertiary/aromatic N) is 3. The zero-order valence-corrected chi connectivity index (χ0v) is 17.9. The molecule has 2 heterocycles. The van der Waals surface area contributed by atoms with Crippen LogP contribution in [0.4, 0.5) is 11.4 Å². The minimum absolute atomic E-state index is 0.00816. The number of hydrogen-bond donors (Lipinski definition) is 1. The number of likely N-dealkylation sites (N-methyl/N-ethyl adjacent to an activating group) is 1. The smallest absolute Gasteiger partial charge is 0.238 e. The minimum atomic E-state index is -0.00816. The van der Waals surface area contributed by atoms with Crippen LogP contribution in [0.2, 0.25) is 0 Å². The lowest BCUT2D eigenvalue weighted by molar-refractivity contribution is -0.117. The number of fused-ring (bicyclic) bond motifs is 1. The van der Waals surface area contributed by atoms with E-state index in [2.05, 4.69) is 35.3 Å². The lowest BCUT2D eigenvalue weighted by Gasteiger charge is -2.29. The Labute approximate surface area is 176 Å². The molecule has 1 N–H and O–H groups in total. The van der Waals surface area contributed by atoms with Gasteiger partial charge in [-0.2, -0.15) is 0 Å². The van der Waals surface area contributed by atoms with Gasteiger partial charge in [-0.25, -0.2) is 4.98 Å². The van der Waals surface area contributed by atoms with Gasteiger partial charge in [-0.3, -0.25) is 9.69 Å². The zero-order chi connectivity index (χ0) is 20.2. The maximum absolute atomic E-state index is 12.5. The molecule has 0 saturated carbocycles. The van der Waals surface area contributed by atoms with Crippen LogP contribution in [-0.4, -0.2) is 42.5 Å². The average Bonchev–Trinajstić information content (AvgIpc) is 3.18. The van der Waals surface area contributed by atoms with Crippen molar-refractivity contribution in [2.24, 2.45) is 0 Å². The second-order valence-corrected chi connectivity index (χ2v) is 8.82. The Bertz CT molecular complexity index is 929. The van der Waals surface area contributed by atoms with Gasteiger partial charge in [0.25, 0.3) is 0 Å². The molecule has 0 spiro atoms. The van der Waals surface area contributed by atoms with Crippen LogP contribution in [0.15, 0.2) is 48.5 Å². The number of para-hydroxylation sites is 1. The molecule has 1 aliphatic rings. The molecular weight excluding hydrogens is 380 g/mol. The minimum Gasteiger partial charge on any atom is -0.372 e. The van der Waals surface area contributed by atoms with Crippen LogP contribution in [-0.2, 0) is 4.79 Å². The van der Waals surface area contributed by atoms with E-state index in [1.165, 1.54) is 29.6 Å². The van der Waals surface area contributed by atoms with Crippen LogP contribution in [0.5, 0.6) is 0 Å². The highest BCUT2D eigenvalue weighted by Gasteiger charge is 2.19. The van der Waals surface area contributed by atoms with Gasteiger partial charge in [0.2, 0.25) is 5.91 Å². The Morgan fingerprint density at radius 1 is 1.14 bits per heavy atom. The number of amides is 1. The van der Waals surface area contributed by atoms with Gasteiger partial charge in [0.15, 0.2) is 0 Å². The highest BCUT2D eigenvalue weighted by atomic mass is 32.1. The summed E-state index contributed by atoms with van der Waals surface area (Å²) in [5.41, 5.74) is 3.10. The van der Waals surface area contributed by atoms with Gasteiger partial charge in [0.1, 0.15) is 5.01 Å². The molecule has 1 amide bonds. The van der Waals surface area contributed by atoms with Gasteiger partial charge in [0, 0.05) is 24.5 Å². The molecule has 1 aliphatic heterocycles. The molecule has 29 heavy (non-hydrogen) atoms. The van der Waals surface area contributed by atoms with Gasteiger partial charge >= 0.3 is 0 Å². The lowest BCUT2D eigenvalue weighted by Crippen LogP contribution is -2.32. The molecule has 3 aromatic rings. The van der Waals surface area contributed by atoms with Crippen molar-refractivity contribution in [3.05, 3.63) is 53.5 Å². The number of hydrogen-bond acceptors (Lipinski definition) is 5. The first-order valence-electron chi connectivity index (χ1n) is 10.3. The van der Waals surface area contributed by atoms with Gasteiger partial charge in [0.05, 0.1) is 22.8 Å².